The molecule has 0 fully saturated rings. The highest BCUT2D eigenvalue weighted by Gasteiger charge is 2.18. The zero-order chi connectivity index (χ0) is 22.4. The molecule has 1 heterocycles. The van der Waals surface area contributed by atoms with Crippen LogP contribution in [0.25, 0.3) is 22.5 Å². The third-order valence-corrected chi connectivity index (χ3v) is 5.01. The van der Waals surface area contributed by atoms with E-state index in [2.05, 4.69) is 12.0 Å². The Morgan fingerprint density at radius 3 is 2.68 bits per heavy atom. The van der Waals surface area contributed by atoms with Gasteiger partial charge in [0, 0.05) is 11.1 Å². The summed E-state index contributed by atoms with van der Waals surface area (Å²) < 4.78 is 21.4. The predicted octanol–water partition coefficient (Wildman–Crippen LogP) is 5.00. The fourth-order valence-corrected chi connectivity index (χ4v) is 3.21. The molecule has 3 aromatic rings. The van der Waals surface area contributed by atoms with E-state index >= 15 is 0 Å². The van der Waals surface area contributed by atoms with Crippen LogP contribution in [0.4, 0.5) is 4.39 Å². The molecule has 0 amide bonds. The van der Waals surface area contributed by atoms with Crippen molar-refractivity contribution in [1.82, 2.24) is 9.78 Å². The van der Waals surface area contributed by atoms with Crippen molar-refractivity contribution >= 4 is 5.97 Å². The predicted molar refractivity (Wildman–Crippen MR) is 117 cm³/mol. The standard InChI is InChI=1S/C24H27FN2O4/c1-3-5-11-31-23-10-9-17(24(29)30)13-20(23)21-14-22(16-7-6-8-18(25)12-16)27(26-21)15-19(28)4-2/h6-10,12-14,19,28H,3-5,11,15H2,1-2H3,(H,29,30). The molecule has 1 aromatic heterocycles. The number of carboxylic acid groups (broad SMARTS) is 1. The van der Waals surface area contributed by atoms with Crippen molar-refractivity contribution in [1.29, 1.82) is 0 Å². The molecule has 0 aliphatic heterocycles. The van der Waals surface area contributed by atoms with Gasteiger partial charge in [0.25, 0.3) is 0 Å². The van der Waals surface area contributed by atoms with Gasteiger partial charge in [-0.25, -0.2) is 9.18 Å². The van der Waals surface area contributed by atoms with Crippen LogP contribution in [0.5, 0.6) is 5.75 Å². The first-order chi connectivity index (χ1) is 14.9. The highest BCUT2D eigenvalue weighted by Crippen LogP contribution is 2.34. The molecule has 0 radical (unpaired) electrons. The molecule has 0 bridgehead atoms. The number of halogens is 1. The lowest BCUT2D eigenvalue weighted by Gasteiger charge is -2.12. The summed E-state index contributed by atoms with van der Waals surface area (Å²) in [6.07, 6.45) is 1.75. The number of aromatic nitrogens is 2. The van der Waals surface area contributed by atoms with Crippen LogP contribution in [-0.2, 0) is 6.54 Å². The molecule has 0 aliphatic rings. The van der Waals surface area contributed by atoms with Crippen LogP contribution in [-0.4, -0.2) is 38.7 Å². The molecular weight excluding hydrogens is 399 g/mol. The minimum Gasteiger partial charge on any atom is -0.493 e. The zero-order valence-electron chi connectivity index (χ0n) is 17.7. The Hall–Kier alpha value is -3.19. The molecule has 0 aliphatic carbocycles. The van der Waals surface area contributed by atoms with Crippen molar-refractivity contribution in [2.24, 2.45) is 0 Å². The van der Waals surface area contributed by atoms with Gasteiger partial charge in [-0.05, 0) is 49.2 Å². The second kappa shape index (κ2) is 10.2. The van der Waals surface area contributed by atoms with Crippen LogP contribution in [0.1, 0.15) is 43.5 Å². The van der Waals surface area contributed by atoms with Gasteiger partial charge >= 0.3 is 5.97 Å². The van der Waals surface area contributed by atoms with Crippen LogP contribution in [0.3, 0.4) is 0 Å². The van der Waals surface area contributed by atoms with Gasteiger partial charge in [0.1, 0.15) is 11.6 Å². The van der Waals surface area contributed by atoms with E-state index < -0.39 is 12.1 Å². The van der Waals surface area contributed by atoms with Crippen molar-refractivity contribution in [3.63, 3.8) is 0 Å². The maximum Gasteiger partial charge on any atom is 0.335 e. The number of carbonyl (C=O) groups is 1. The number of benzene rings is 2. The van der Waals surface area contributed by atoms with Crippen LogP contribution in [0.15, 0.2) is 48.5 Å². The minimum absolute atomic E-state index is 0.119. The van der Waals surface area contributed by atoms with E-state index in [1.807, 2.05) is 6.92 Å². The van der Waals surface area contributed by atoms with Crippen LogP contribution in [0, 0.1) is 5.82 Å². The quantitative estimate of drug-likeness (QED) is 0.446. The second-order valence-electron chi connectivity index (χ2n) is 7.39. The Labute approximate surface area is 180 Å². The normalized spacial score (nSPS) is 12.0. The second-order valence-corrected chi connectivity index (χ2v) is 7.39. The van der Waals surface area contributed by atoms with E-state index in [1.54, 1.807) is 28.9 Å². The first kappa shape index (κ1) is 22.5. The monoisotopic (exact) mass is 426 g/mol. The number of aromatic carboxylic acids is 1. The number of ether oxygens (including phenoxy) is 1. The van der Waals surface area contributed by atoms with Crippen molar-refractivity contribution in [2.75, 3.05) is 6.61 Å². The molecule has 0 saturated carbocycles. The van der Waals surface area contributed by atoms with E-state index in [0.717, 1.165) is 12.8 Å². The lowest BCUT2D eigenvalue weighted by Crippen LogP contribution is -2.16. The smallest absolute Gasteiger partial charge is 0.335 e. The average Bonchev–Trinajstić information content (AvgIpc) is 3.17. The number of nitrogens with zero attached hydrogens (tertiary/aromatic N) is 2. The number of rotatable bonds is 10. The van der Waals surface area contributed by atoms with Gasteiger partial charge in [-0.2, -0.15) is 5.10 Å². The Balaban J connectivity index is 2.11. The number of hydrogen-bond acceptors (Lipinski definition) is 4. The Kier molecular flexibility index (Phi) is 7.41. The largest absolute Gasteiger partial charge is 0.493 e. The van der Waals surface area contributed by atoms with Crippen LogP contribution in [0.2, 0.25) is 0 Å². The summed E-state index contributed by atoms with van der Waals surface area (Å²) >= 11 is 0. The lowest BCUT2D eigenvalue weighted by molar-refractivity contribution is 0.0697. The summed E-state index contributed by atoms with van der Waals surface area (Å²) in [7, 11) is 0. The summed E-state index contributed by atoms with van der Waals surface area (Å²) in [4.78, 5) is 11.5. The molecule has 1 unspecified atom stereocenters. The Morgan fingerprint density at radius 1 is 1.19 bits per heavy atom. The SMILES string of the molecule is CCCCOc1ccc(C(=O)O)cc1-c1cc(-c2cccc(F)c2)n(CC(O)CC)n1. The molecule has 31 heavy (non-hydrogen) atoms. The molecular formula is C24H27FN2O4. The molecule has 2 aromatic carbocycles. The minimum atomic E-state index is -1.05. The molecule has 0 spiro atoms. The molecule has 2 N–H and O–H groups in total. The van der Waals surface area contributed by atoms with Gasteiger partial charge in [-0.15, -0.1) is 0 Å². The maximum atomic E-state index is 13.9. The van der Waals surface area contributed by atoms with Crippen LogP contribution < -0.4 is 4.74 Å². The first-order valence-electron chi connectivity index (χ1n) is 10.4. The van der Waals surface area contributed by atoms with Gasteiger partial charge in [0.15, 0.2) is 0 Å². The van der Waals surface area contributed by atoms with Crippen molar-refractivity contribution in [3.05, 3.63) is 59.9 Å². The molecule has 164 valence electrons. The summed E-state index contributed by atoms with van der Waals surface area (Å²) in [5.74, 6) is -0.892. The van der Waals surface area contributed by atoms with Crippen molar-refractivity contribution in [2.45, 2.75) is 45.8 Å². The van der Waals surface area contributed by atoms with E-state index in [-0.39, 0.29) is 17.9 Å². The third-order valence-electron chi connectivity index (χ3n) is 5.01. The maximum absolute atomic E-state index is 13.9. The Bertz CT molecular complexity index is 1050. The van der Waals surface area contributed by atoms with E-state index in [9.17, 15) is 19.4 Å². The van der Waals surface area contributed by atoms with Gasteiger partial charge in [-0.1, -0.05) is 32.4 Å². The lowest BCUT2D eigenvalue weighted by atomic mass is 10.0. The fourth-order valence-electron chi connectivity index (χ4n) is 3.21. The van der Waals surface area contributed by atoms with Gasteiger partial charge < -0.3 is 14.9 Å². The topological polar surface area (TPSA) is 84.6 Å². The van der Waals surface area contributed by atoms with Gasteiger partial charge in [0.05, 0.1) is 36.2 Å². The van der Waals surface area contributed by atoms with Crippen molar-refractivity contribution < 1.29 is 24.1 Å². The molecule has 3 rings (SSSR count). The molecule has 1 atom stereocenters. The van der Waals surface area contributed by atoms with Crippen molar-refractivity contribution in [3.8, 4) is 28.3 Å². The molecule has 7 heteroatoms. The zero-order valence-corrected chi connectivity index (χ0v) is 17.7. The number of aliphatic hydroxyl groups excluding tert-OH is 1. The van der Waals surface area contributed by atoms with E-state index in [0.29, 0.717) is 41.3 Å². The number of carboxylic acids is 1. The summed E-state index contributed by atoms with van der Waals surface area (Å²) in [6.45, 7) is 4.66. The number of unbranched alkanes of at least 4 members (excludes halogenated alkanes) is 1. The third kappa shape index (κ3) is 5.49. The summed E-state index contributed by atoms with van der Waals surface area (Å²) in [5.41, 5.74) is 2.40. The van der Waals surface area contributed by atoms with Crippen LogP contribution >= 0.6 is 0 Å². The molecule has 0 saturated heterocycles. The summed E-state index contributed by atoms with van der Waals surface area (Å²) in [5, 5.41) is 24.3. The summed E-state index contributed by atoms with van der Waals surface area (Å²) in [6, 6.07) is 12.6. The first-order valence-corrected chi connectivity index (χ1v) is 10.4. The van der Waals surface area contributed by atoms with E-state index in [1.165, 1.54) is 24.3 Å². The highest BCUT2D eigenvalue weighted by molar-refractivity contribution is 5.90. The Morgan fingerprint density at radius 2 is 2.00 bits per heavy atom. The number of aliphatic hydroxyl groups is 1. The number of hydrogen-bond donors (Lipinski definition) is 2. The average molecular weight is 426 g/mol. The van der Waals surface area contributed by atoms with Gasteiger partial charge in [-0.3, -0.25) is 4.68 Å². The highest BCUT2D eigenvalue weighted by atomic mass is 19.1. The van der Waals surface area contributed by atoms with E-state index in [4.69, 9.17) is 4.74 Å². The van der Waals surface area contributed by atoms with Gasteiger partial charge in [0.2, 0.25) is 0 Å². The fraction of sp³-hybridized carbons (Fsp3) is 0.333. The molecule has 6 nitrogen and oxygen atoms in total.